The Morgan fingerprint density at radius 1 is 0.621 bits per heavy atom. The monoisotopic (exact) mass is 913 g/mol. The van der Waals surface area contributed by atoms with Crippen LogP contribution < -0.4 is 43.4 Å². The molecule has 6 amide bonds. The van der Waals surface area contributed by atoms with Gasteiger partial charge in [-0.1, -0.05) is 92.7 Å². The lowest BCUT2D eigenvalue weighted by Gasteiger charge is -2.27. The normalized spacial score (nSPS) is 14.3. The Hall–Kier alpha value is -7.51. The van der Waals surface area contributed by atoms with Crippen LogP contribution in [0.25, 0.3) is 11.1 Å². The number of ether oxygens (including phenoxy) is 1. The van der Waals surface area contributed by atoms with Gasteiger partial charge in [0.25, 0.3) is 0 Å². The molecule has 3 aromatic rings. The van der Waals surface area contributed by atoms with Crippen molar-refractivity contribution in [2.24, 2.45) is 22.4 Å². The molecule has 4 rings (SSSR count). The Morgan fingerprint density at radius 3 is 1.70 bits per heavy atom. The number of benzene rings is 3. The van der Waals surface area contributed by atoms with E-state index in [0.717, 1.165) is 22.3 Å². The Kier molecular flexibility index (Phi) is 19.0. The van der Waals surface area contributed by atoms with Gasteiger partial charge in [0.2, 0.25) is 29.5 Å². The van der Waals surface area contributed by atoms with E-state index in [2.05, 4.69) is 36.9 Å². The van der Waals surface area contributed by atoms with Gasteiger partial charge in [-0.2, -0.15) is 0 Å². The molecule has 0 spiro atoms. The lowest BCUT2D eigenvalue weighted by atomic mass is 9.98. The number of rotatable bonds is 24. The molecule has 1 aliphatic carbocycles. The molecular formula is C46H59N9O11. The van der Waals surface area contributed by atoms with E-state index in [0.29, 0.717) is 5.56 Å². The van der Waals surface area contributed by atoms with Gasteiger partial charge in [0, 0.05) is 25.3 Å². The van der Waals surface area contributed by atoms with Gasteiger partial charge in [-0.25, -0.2) is 4.79 Å². The standard InChI is InChI=1S/C46H59N9O11/c1-25(2)38(55-46(65)66-24-33-31-17-10-8-15-29(31)30-16-9-11-18-32(30)33)43(62)50-26(3)39(58)52-35(20-21-37(56)57)41(60)53-34(19-12-22-49-45(47)48)40(59)54-36(23-28-13-6-5-7-14-28)42(61)51-27(4)44(63)64/h5-11,13-18,25-27,33-36,38H,12,19-24H2,1-4H3,(H,50,62)(H,51,61)(H,52,58)(H,53,60)(H,54,59)(H,55,65)(H,56,57)(H,63,64)(H4,47,48,49)/t26-,27-,34-,35-,36-,38-/m0/s1. The van der Waals surface area contributed by atoms with Crippen molar-refractivity contribution in [2.45, 2.75) is 102 Å². The van der Waals surface area contributed by atoms with Crippen molar-refractivity contribution in [3.05, 3.63) is 95.6 Å². The number of nitrogens with zero attached hydrogens (tertiary/aromatic N) is 1. The first-order chi connectivity index (χ1) is 31.4. The first kappa shape index (κ1) is 51.1. The van der Waals surface area contributed by atoms with Crippen LogP contribution in [0.15, 0.2) is 83.9 Å². The number of carbonyl (C=O) groups excluding carboxylic acids is 6. The number of fused-ring (bicyclic) bond motifs is 3. The van der Waals surface area contributed by atoms with Gasteiger partial charge in [0.15, 0.2) is 5.96 Å². The predicted molar refractivity (Wildman–Crippen MR) is 242 cm³/mol. The third kappa shape index (κ3) is 15.1. The molecule has 0 aromatic heterocycles. The summed E-state index contributed by atoms with van der Waals surface area (Å²) in [6, 6.07) is 16.2. The zero-order chi connectivity index (χ0) is 48.5. The molecular weight excluding hydrogens is 855 g/mol. The van der Waals surface area contributed by atoms with Crippen LogP contribution in [0, 0.1) is 5.92 Å². The van der Waals surface area contributed by atoms with Crippen molar-refractivity contribution < 1.29 is 53.3 Å². The molecule has 66 heavy (non-hydrogen) atoms. The fourth-order valence-electron chi connectivity index (χ4n) is 7.26. The van der Waals surface area contributed by atoms with E-state index in [4.69, 9.17) is 16.2 Å². The van der Waals surface area contributed by atoms with E-state index in [1.807, 2.05) is 48.5 Å². The van der Waals surface area contributed by atoms with Gasteiger partial charge in [-0.3, -0.25) is 38.6 Å². The SMILES string of the molecule is CC(C)[C@H](NC(=O)OCC1c2ccccc2-c2ccccc21)C(=O)N[C@@H](C)C(=O)N[C@@H](CCC(=O)O)C(=O)N[C@@H](CCCN=C(N)N)C(=O)N[C@@H](Cc1ccccc1)C(=O)N[C@@H](C)C(=O)O. The first-order valence-electron chi connectivity index (χ1n) is 21.5. The fourth-order valence-corrected chi connectivity index (χ4v) is 7.26. The summed E-state index contributed by atoms with van der Waals surface area (Å²) in [7, 11) is 0. The lowest BCUT2D eigenvalue weighted by molar-refractivity contribution is -0.142. The molecule has 3 aromatic carbocycles. The summed E-state index contributed by atoms with van der Waals surface area (Å²) in [5, 5.41) is 33.9. The van der Waals surface area contributed by atoms with Crippen molar-refractivity contribution in [3.63, 3.8) is 0 Å². The maximum Gasteiger partial charge on any atom is 0.407 e. The van der Waals surface area contributed by atoms with Gasteiger partial charge < -0.3 is 58.3 Å². The summed E-state index contributed by atoms with van der Waals surface area (Å²) < 4.78 is 5.63. The van der Waals surface area contributed by atoms with Crippen molar-refractivity contribution in [3.8, 4) is 11.1 Å². The average molecular weight is 914 g/mol. The number of hydrogen-bond acceptors (Lipinski definition) is 10. The quantitative estimate of drug-likeness (QED) is 0.0344. The number of amides is 6. The summed E-state index contributed by atoms with van der Waals surface area (Å²) in [6.45, 7) is 5.98. The van der Waals surface area contributed by atoms with E-state index in [9.17, 15) is 48.6 Å². The van der Waals surface area contributed by atoms with Crippen LogP contribution in [0.1, 0.15) is 76.0 Å². The highest BCUT2D eigenvalue weighted by molar-refractivity contribution is 5.97. The van der Waals surface area contributed by atoms with Crippen LogP contribution in [0.4, 0.5) is 4.79 Å². The van der Waals surface area contributed by atoms with Gasteiger partial charge >= 0.3 is 18.0 Å². The number of hydrogen-bond donors (Lipinski definition) is 10. The highest BCUT2D eigenvalue weighted by Crippen LogP contribution is 2.44. The Bertz CT molecular complexity index is 2210. The third-order valence-electron chi connectivity index (χ3n) is 10.8. The van der Waals surface area contributed by atoms with Gasteiger partial charge in [-0.05, 0) is 66.8 Å². The van der Waals surface area contributed by atoms with Crippen molar-refractivity contribution >= 4 is 53.5 Å². The number of carbonyl (C=O) groups is 8. The maximum absolute atomic E-state index is 13.9. The average Bonchev–Trinajstić information content (AvgIpc) is 3.59. The van der Waals surface area contributed by atoms with E-state index in [1.54, 1.807) is 44.2 Å². The van der Waals surface area contributed by atoms with Crippen LogP contribution in [-0.4, -0.2) is 113 Å². The molecule has 0 heterocycles. The van der Waals surface area contributed by atoms with Crippen molar-refractivity contribution in [1.82, 2.24) is 31.9 Å². The molecule has 1 aliphatic rings. The summed E-state index contributed by atoms with van der Waals surface area (Å²) in [5.41, 5.74) is 15.6. The predicted octanol–water partition coefficient (Wildman–Crippen LogP) is 1.26. The molecule has 0 fully saturated rings. The molecule has 20 nitrogen and oxygen atoms in total. The Balaban J connectivity index is 1.44. The van der Waals surface area contributed by atoms with E-state index in [-0.39, 0.29) is 44.3 Å². The summed E-state index contributed by atoms with van der Waals surface area (Å²) in [4.78, 5) is 108. The maximum atomic E-state index is 13.9. The first-order valence-corrected chi connectivity index (χ1v) is 21.5. The molecule has 6 atom stereocenters. The number of carboxylic acids is 2. The number of nitrogens with two attached hydrogens (primary N) is 2. The highest BCUT2D eigenvalue weighted by atomic mass is 16.5. The lowest BCUT2D eigenvalue weighted by Crippen LogP contribution is -2.59. The van der Waals surface area contributed by atoms with Crippen molar-refractivity contribution in [2.75, 3.05) is 13.2 Å². The minimum absolute atomic E-state index is 0.000641. The minimum Gasteiger partial charge on any atom is -0.481 e. The van der Waals surface area contributed by atoms with Gasteiger partial charge in [0.1, 0.15) is 42.9 Å². The van der Waals surface area contributed by atoms with E-state index < -0.39 is 103 Å². The fraction of sp³-hybridized carbons (Fsp3) is 0.413. The zero-order valence-corrected chi connectivity index (χ0v) is 37.2. The second-order valence-corrected chi connectivity index (χ2v) is 16.2. The van der Waals surface area contributed by atoms with Crippen LogP contribution in [0.2, 0.25) is 0 Å². The summed E-state index contributed by atoms with van der Waals surface area (Å²) in [6.07, 6.45) is -1.89. The third-order valence-corrected chi connectivity index (χ3v) is 10.8. The minimum atomic E-state index is -1.54. The Morgan fingerprint density at radius 2 is 1.14 bits per heavy atom. The van der Waals surface area contributed by atoms with Gasteiger partial charge in [-0.15, -0.1) is 0 Å². The van der Waals surface area contributed by atoms with Gasteiger partial charge in [0.05, 0.1) is 0 Å². The molecule has 0 saturated carbocycles. The number of nitrogens with one attached hydrogen (secondary N) is 6. The highest BCUT2D eigenvalue weighted by Gasteiger charge is 2.34. The van der Waals surface area contributed by atoms with Crippen molar-refractivity contribution in [1.29, 1.82) is 0 Å². The van der Waals surface area contributed by atoms with Crippen LogP contribution in [0.3, 0.4) is 0 Å². The Labute approximate surface area is 382 Å². The summed E-state index contributed by atoms with van der Waals surface area (Å²) >= 11 is 0. The van der Waals surface area contributed by atoms with Crippen LogP contribution in [0.5, 0.6) is 0 Å². The molecule has 0 unspecified atom stereocenters. The number of aliphatic carboxylic acids is 2. The van der Waals surface area contributed by atoms with E-state index in [1.165, 1.54) is 13.8 Å². The molecule has 0 aliphatic heterocycles. The topological polar surface area (TPSA) is 323 Å². The largest absolute Gasteiger partial charge is 0.481 e. The van der Waals surface area contributed by atoms with E-state index >= 15 is 0 Å². The molecule has 354 valence electrons. The molecule has 0 saturated heterocycles. The second-order valence-electron chi connectivity index (χ2n) is 16.2. The number of alkyl carbamates (subject to hydrolysis) is 1. The number of aliphatic imine (C=N–C) groups is 1. The van der Waals surface area contributed by atoms with Crippen LogP contribution >= 0.6 is 0 Å². The molecule has 20 heteroatoms. The number of guanidine groups is 1. The smallest absolute Gasteiger partial charge is 0.407 e. The number of carboxylic acid groups (broad SMARTS) is 2. The molecule has 12 N–H and O–H groups in total. The molecule has 0 bridgehead atoms. The summed E-state index contributed by atoms with van der Waals surface area (Å²) in [5.74, 6) is -7.80. The second kappa shape index (κ2) is 24.5. The zero-order valence-electron chi connectivity index (χ0n) is 37.2. The van der Waals surface area contributed by atoms with Crippen LogP contribution in [-0.2, 0) is 44.7 Å². The molecule has 0 radical (unpaired) electrons.